The van der Waals surface area contributed by atoms with E-state index < -0.39 is 0 Å². The Morgan fingerprint density at radius 2 is 2.25 bits per heavy atom. The van der Waals surface area contributed by atoms with Gasteiger partial charge in [0, 0.05) is 11.4 Å². The van der Waals surface area contributed by atoms with Gasteiger partial charge in [0.1, 0.15) is 0 Å². The molecule has 0 aliphatic carbocycles. The minimum Gasteiger partial charge on any atom is -0.257 e. The van der Waals surface area contributed by atoms with Gasteiger partial charge in [0.05, 0.1) is 5.35 Å². The lowest BCUT2D eigenvalue weighted by Gasteiger charge is -1.93. The molecular formula is C11H13N. The highest BCUT2D eigenvalue weighted by molar-refractivity contribution is 5.39. The highest BCUT2D eigenvalue weighted by Crippen LogP contribution is 1.81. The first-order valence-corrected chi connectivity index (χ1v) is 4.00. The zero-order chi connectivity index (χ0) is 8.97. The summed E-state index contributed by atoms with van der Waals surface area (Å²) in [5, 5.41) is 2.19. The van der Waals surface area contributed by atoms with Crippen molar-refractivity contribution in [3.63, 3.8) is 0 Å². The van der Waals surface area contributed by atoms with E-state index in [1.807, 2.05) is 31.3 Å². The standard InChI is InChI=1S/C11H13N/c1-4-6-10-9(3)7-8-12-11(10)5-2/h4-8H,1H2,2-3H3/b10-6-,11-5+. The van der Waals surface area contributed by atoms with Crippen molar-refractivity contribution in [1.82, 2.24) is 4.98 Å². The van der Waals surface area contributed by atoms with Gasteiger partial charge in [-0.25, -0.2) is 0 Å². The van der Waals surface area contributed by atoms with Crippen LogP contribution in [0.5, 0.6) is 0 Å². The Bertz CT molecular complexity index is 388. The Labute approximate surface area is 72.8 Å². The van der Waals surface area contributed by atoms with Crippen LogP contribution in [-0.4, -0.2) is 4.98 Å². The van der Waals surface area contributed by atoms with Crippen molar-refractivity contribution in [3.05, 3.63) is 41.0 Å². The van der Waals surface area contributed by atoms with E-state index in [2.05, 4.69) is 18.5 Å². The number of allylic oxidation sites excluding steroid dienone is 1. The Morgan fingerprint density at radius 1 is 1.50 bits per heavy atom. The van der Waals surface area contributed by atoms with Crippen LogP contribution in [0.4, 0.5) is 0 Å². The average Bonchev–Trinajstić information content (AvgIpc) is 2.09. The van der Waals surface area contributed by atoms with Crippen molar-refractivity contribution in [3.8, 4) is 0 Å². The summed E-state index contributed by atoms with van der Waals surface area (Å²) < 4.78 is 0. The van der Waals surface area contributed by atoms with Gasteiger partial charge in [0.15, 0.2) is 0 Å². The van der Waals surface area contributed by atoms with Crippen LogP contribution < -0.4 is 10.6 Å². The van der Waals surface area contributed by atoms with E-state index >= 15 is 0 Å². The van der Waals surface area contributed by atoms with Gasteiger partial charge in [-0.3, -0.25) is 4.98 Å². The summed E-state index contributed by atoms with van der Waals surface area (Å²) in [5.74, 6) is 0. The molecule has 0 atom stereocenters. The number of aryl methyl sites for hydroxylation is 1. The molecule has 0 radical (unpaired) electrons. The van der Waals surface area contributed by atoms with Crippen molar-refractivity contribution in [1.29, 1.82) is 0 Å². The van der Waals surface area contributed by atoms with Crippen LogP contribution in [0.25, 0.3) is 12.2 Å². The highest BCUT2D eigenvalue weighted by atomic mass is 14.6. The molecule has 1 heteroatoms. The lowest BCUT2D eigenvalue weighted by molar-refractivity contribution is 1.18. The second kappa shape index (κ2) is 3.86. The fourth-order valence-corrected chi connectivity index (χ4v) is 1.16. The van der Waals surface area contributed by atoms with Gasteiger partial charge in [0.2, 0.25) is 0 Å². The van der Waals surface area contributed by atoms with Crippen LogP contribution in [0.15, 0.2) is 24.9 Å². The molecule has 0 aromatic carbocycles. The van der Waals surface area contributed by atoms with Crippen molar-refractivity contribution in [2.75, 3.05) is 0 Å². The molecule has 62 valence electrons. The first-order chi connectivity index (χ1) is 5.79. The lowest BCUT2D eigenvalue weighted by Crippen LogP contribution is -2.29. The smallest absolute Gasteiger partial charge is 0.0661 e. The maximum atomic E-state index is 4.24. The molecule has 0 aliphatic rings. The fraction of sp³-hybridized carbons (Fsp3) is 0.182. The number of nitrogens with zero attached hydrogens (tertiary/aromatic N) is 1. The molecule has 0 bridgehead atoms. The summed E-state index contributed by atoms with van der Waals surface area (Å²) in [6.07, 6.45) is 7.60. The molecular weight excluding hydrogens is 146 g/mol. The predicted octanol–water partition coefficient (Wildman–Crippen LogP) is 1.16. The van der Waals surface area contributed by atoms with Gasteiger partial charge < -0.3 is 0 Å². The molecule has 0 aliphatic heterocycles. The van der Waals surface area contributed by atoms with Crippen LogP contribution >= 0.6 is 0 Å². The maximum Gasteiger partial charge on any atom is 0.0661 e. The molecule has 12 heavy (non-hydrogen) atoms. The summed E-state index contributed by atoms with van der Waals surface area (Å²) in [6, 6.07) is 2.00. The topological polar surface area (TPSA) is 12.9 Å². The molecule has 0 saturated heterocycles. The van der Waals surface area contributed by atoms with E-state index in [4.69, 9.17) is 0 Å². The summed E-state index contributed by atoms with van der Waals surface area (Å²) in [6.45, 7) is 7.74. The molecule has 0 amide bonds. The van der Waals surface area contributed by atoms with Gasteiger partial charge in [-0.15, -0.1) is 0 Å². The minimum atomic E-state index is 1.02. The third kappa shape index (κ3) is 1.62. The molecule has 1 aromatic rings. The first kappa shape index (κ1) is 8.72. The molecule has 0 saturated carbocycles. The Hall–Kier alpha value is -1.37. The van der Waals surface area contributed by atoms with E-state index in [0.29, 0.717) is 0 Å². The molecule has 0 fully saturated rings. The van der Waals surface area contributed by atoms with Gasteiger partial charge in [0.25, 0.3) is 0 Å². The monoisotopic (exact) mass is 159 g/mol. The van der Waals surface area contributed by atoms with Crippen LogP contribution in [0.2, 0.25) is 0 Å². The van der Waals surface area contributed by atoms with E-state index in [9.17, 15) is 0 Å². The summed E-state index contributed by atoms with van der Waals surface area (Å²) in [7, 11) is 0. The molecule has 1 rings (SSSR count). The molecule has 1 aromatic heterocycles. The van der Waals surface area contributed by atoms with Crippen LogP contribution in [0, 0.1) is 6.92 Å². The van der Waals surface area contributed by atoms with Crippen molar-refractivity contribution >= 4 is 12.2 Å². The normalized spacial score (nSPS) is 13.5. The quantitative estimate of drug-likeness (QED) is 0.599. The fourth-order valence-electron chi connectivity index (χ4n) is 1.16. The zero-order valence-corrected chi connectivity index (χ0v) is 7.54. The zero-order valence-electron chi connectivity index (χ0n) is 7.54. The van der Waals surface area contributed by atoms with Crippen molar-refractivity contribution in [2.24, 2.45) is 0 Å². The van der Waals surface area contributed by atoms with E-state index in [1.165, 1.54) is 5.56 Å². The van der Waals surface area contributed by atoms with E-state index in [1.54, 1.807) is 6.08 Å². The highest BCUT2D eigenvalue weighted by Gasteiger charge is 1.88. The van der Waals surface area contributed by atoms with Crippen LogP contribution in [0.1, 0.15) is 12.5 Å². The van der Waals surface area contributed by atoms with Crippen molar-refractivity contribution < 1.29 is 0 Å². The van der Waals surface area contributed by atoms with Gasteiger partial charge in [-0.2, -0.15) is 0 Å². The van der Waals surface area contributed by atoms with Crippen LogP contribution in [-0.2, 0) is 0 Å². The molecule has 0 N–H and O–H groups in total. The number of hydrogen-bond acceptors (Lipinski definition) is 1. The summed E-state index contributed by atoms with van der Waals surface area (Å²) >= 11 is 0. The molecule has 0 spiro atoms. The van der Waals surface area contributed by atoms with E-state index in [-0.39, 0.29) is 0 Å². The molecule has 1 heterocycles. The van der Waals surface area contributed by atoms with Gasteiger partial charge in [-0.1, -0.05) is 24.8 Å². The van der Waals surface area contributed by atoms with E-state index in [0.717, 1.165) is 10.6 Å². The average molecular weight is 159 g/mol. The van der Waals surface area contributed by atoms with Crippen molar-refractivity contribution in [2.45, 2.75) is 13.8 Å². The van der Waals surface area contributed by atoms with Gasteiger partial charge >= 0.3 is 0 Å². The van der Waals surface area contributed by atoms with Crippen LogP contribution in [0.3, 0.4) is 0 Å². The number of rotatable bonds is 1. The maximum absolute atomic E-state index is 4.24. The Kier molecular flexibility index (Phi) is 2.81. The third-order valence-electron chi connectivity index (χ3n) is 1.80. The lowest BCUT2D eigenvalue weighted by atomic mass is 10.2. The third-order valence-corrected chi connectivity index (χ3v) is 1.80. The SMILES string of the molecule is C=C/C=c1/c(C)ccn/c1=C/C. The summed E-state index contributed by atoms with van der Waals surface area (Å²) in [5.41, 5.74) is 1.23. The first-order valence-electron chi connectivity index (χ1n) is 4.00. The Balaban J connectivity index is 3.63. The Morgan fingerprint density at radius 3 is 2.83 bits per heavy atom. The predicted molar refractivity (Wildman–Crippen MR) is 53.0 cm³/mol. The number of hydrogen-bond donors (Lipinski definition) is 0. The number of pyridine rings is 1. The van der Waals surface area contributed by atoms with Gasteiger partial charge in [-0.05, 0) is 25.5 Å². The number of aromatic nitrogens is 1. The largest absolute Gasteiger partial charge is 0.257 e. The molecule has 0 unspecified atom stereocenters. The second-order valence-corrected chi connectivity index (χ2v) is 2.62. The second-order valence-electron chi connectivity index (χ2n) is 2.62. The molecule has 1 nitrogen and oxygen atoms in total. The minimum absolute atomic E-state index is 1.02. The summed E-state index contributed by atoms with van der Waals surface area (Å²) in [4.78, 5) is 4.24.